The van der Waals surface area contributed by atoms with Crippen LogP contribution in [-0.4, -0.2) is 36.6 Å². The van der Waals surface area contributed by atoms with Crippen molar-refractivity contribution < 1.29 is 29.7 Å². The molecule has 0 aromatic heterocycles. The van der Waals surface area contributed by atoms with Gasteiger partial charge in [-0.15, -0.1) is 0 Å². The van der Waals surface area contributed by atoms with Crippen LogP contribution in [0.1, 0.15) is 12.8 Å². The number of halogens is 1. The summed E-state index contributed by atoms with van der Waals surface area (Å²) in [6.45, 7) is 0. The first kappa shape index (κ1) is 12.3. The summed E-state index contributed by atoms with van der Waals surface area (Å²) in [6, 6.07) is 0. The average Bonchev–Trinajstić information content (AvgIpc) is 1.82. The summed E-state index contributed by atoms with van der Waals surface area (Å²) in [5.74, 6) is -3.18. The summed E-state index contributed by atoms with van der Waals surface area (Å²) >= 11 is 1.29. The molecule has 0 saturated carbocycles. The monoisotopic (exact) mass is 302 g/mol. The van der Waals surface area contributed by atoms with E-state index in [9.17, 15) is 19.5 Å². The van der Waals surface area contributed by atoms with Crippen LogP contribution in [0.4, 0.5) is 0 Å². The van der Waals surface area contributed by atoms with Crippen LogP contribution in [0.3, 0.4) is 0 Å². The van der Waals surface area contributed by atoms with Gasteiger partial charge >= 0.3 is 11.9 Å². The molecule has 6 nitrogen and oxygen atoms in total. The van der Waals surface area contributed by atoms with E-state index in [1.807, 2.05) is 0 Å². The Hall–Kier alpha value is -0.700. The number of aliphatic carboxylic acids is 2. The normalized spacial score (nSPS) is 14.6. The quantitative estimate of drug-likeness (QED) is 0.472. The summed E-state index contributed by atoms with van der Waals surface area (Å²) < 4.78 is -0.608. The minimum Gasteiger partial charge on any atom is -0.481 e. The molecule has 13 heavy (non-hydrogen) atoms. The van der Waals surface area contributed by atoms with Crippen molar-refractivity contribution in [1.82, 2.24) is 0 Å². The molecule has 0 aliphatic rings. The van der Waals surface area contributed by atoms with Gasteiger partial charge in [0, 0.05) is 0 Å². The zero-order valence-corrected chi connectivity index (χ0v) is 8.52. The summed E-state index contributed by atoms with van der Waals surface area (Å²) in [7, 11) is 0. The first-order valence-electron chi connectivity index (χ1n) is 3.14. The largest absolute Gasteiger partial charge is 0.481 e. The Bertz CT molecular complexity index is 232. The number of carboxylic acid groups (broad SMARTS) is 2. The Morgan fingerprint density at radius 2 is 1.62 bits per heavy atom. The number of hydrogen-bond donors (Lipinski definition) is 3. The third-order valence-corrected chi connectivity index (χ3v) is 1.65. The van der Waals surface area contributed by atoms with Crippen LogP contribution in [0.5, 0.6) is 0 Å². The minimum atomic E-state index is -2.50. The molecule has 0 aliphatic heterocycles. The molecule has 0 amide bonds. The molecule has 0 aliphatic carbocycles. The fourth-order valence-corrected chi connectivity index (χ4v) is 1.32. The minimum absolute atomic E-state index is 0.608. The maximum atomic E-state index is 10.5. The number of carbonyl (C=O) groups is 3. The summed E-state index contributed by atoms with van der Waals surface area (Å²) in [5, 5.41) is 26.0. The van der Waals surface area contributed by atoms with Crippen molar-refractivity contribution in [3.05, 3.63) is 0 Å². The van der Waals surface area contributed by atoms with E-state index in [-0.39, 0.29) is 0 Å². The topological polar surface area (TPSA) is 112 Å². The summed E-state index contributed by atoms with van der Waals surface area (Å²) in [5.41, 5.74) is -2.50. The molecular formula is C6H7IO6. The number of hydrogen-bond acceptors (Lipinski definition) is 4. The highest BCUT2D eigenvalue weighted by Crippen LogP contribution is 2.18. The fraction of sp³-hybridized carbons (Fsp3) is 0.500. The molecular weight excluding hydrogens is 295 g/mol. The Kier molecular flexibility index (Phi) is 4.27. The lowest BCUT2D eigenvalue weighted by atomic mass is 9.97. The Labute approximate surface area is 86.7 Å². The molecule has 0 fully saturated rings. The molecule has 0 aromatic rings. The second kappa shape index (κ2) is 4.51. The van der Waals surface area contributed by atoms with Crippen molar-refractivity contribution in [2.75, 3.05) is 0 Å². The number of rotatable bonds is 5. The second-order valence-corrected chi connectivity index (χ2v) is 3.64. The zero-order valence-electron chi connectivity index (χ0n) is 6.36. The van der Waals surface area contributed by atoms with Gasteiger partial charge in [-0.2, -0.15) is 0 Å². The molecule has 1 unspecified atom stereocenters. The van der Waals surface area contributed by atoms with E-state index in [0.717, 1.165) is 0 Å². The van der Waals surface area contributed by atoms with E-state index in [0.29, 0.717) is 0 Å². The van der Waals surface area contributed by atoms with Crippen LogP contribution in [0.25, 0.3) is 0 Å². The lowest BCUT2D eigenvalue weighted by Crippen LogP contribution is -2.41. The third-order valence-electron chi connectivity index (χ3n) is 1.27. The summed E-state index contributed by atoms with van der Waals surface area (Å²) in [4.78, 5) is 31.1. The van der Waals surface area contributed by atoms with Crippen molar-refractivity contribution in [1.29, 1.82) is 0 Å². The van der Waals surface area contributed by atoms with Crippen molar-refractivity contribution >= 4 is 38.3 Å². The van der Waals surface area contributed by atoms with Gasteiger partial charge in [-0.3, -0.25) is 9.59 Å². The van der Waals surface area contributed by atoms with Crippen molar-refractivity contribution in [3.63, 3.8) is 0 Å². The zero-order chi connectivity index (χ0) is 10.6. The van der Waals surface area contributed by atoms with Gasteiger partial charge in [-0.1, -0.05) is 0 Å². The van der Waals surface area contributed by atoms with Crippen molar-refractivity contribution in [3.8, 4) is 0 Å². The Balaban J connectivity index is 4.62. The van der Waals surface area contributed by atoms with Crippen molar-refractivity contribution in [2.24, 2.45) is 0 Å². The highest BCUT2D eigenvalue weighted by Gasteiger charge is 2.40. The molecule has 7 heteroatoms. The second-order valence-electron chi connectivity index (χ2n) is 2.44. The molecule has 0 heterocycles. The standard InChI is InChI=1S/C6H7IO6/c7-3(8)1-6(13,5(11)12)2-4(9)10/h13H,1-2H2,(H,9,10)(H,11,12). The van der Waals surface area contributed by atoms with E-state index in [4.69, 9.17) is 10.2 Å². The molecule has 3 N–H and O–H groups in total. The molecule has 0 rings (SSSR count). The molecule has 0 spiro atoms. The van der Waals surface area contributed by atoms with Crippen LogP contribution < -0.4 is 0 Å². The molecule has 74 valence electrons. The van der Waals surface area contributed by atoms with Crippen LogP contribution in [0.2, 0.25) is 0 Å². The first-order chi connectivity index (χ1) is 5.78. The van der Waals surface area contributed by atoms with Gasteiger partial charge in [0.1, 0.15) is 0 Å². The van der Waals surface area contributed by atoms with E-state index in [1.165, 1.54) is 22.6 Å². The van der Waals surface area contributed by atoms with E-state index in [2.05, 4.69) is 0 Å². The highest BCUT2D eigenvalue weighted by molar-refractivity contribution is 14.1. The molecule has 0 radical (unpaired) electrons. The molecule has 0 bridgehead atoms. The average molecular weight is 302 g/mol. The predicted molar refractivity (Wildman–Crippen MR) is 48.5 cm³/mol. The molecule has 0 aromatic carbocycles. The maximum Gasteiger partial charge on any atom is 0.336 e. The smallest absolute Gasteiger partial charge is 0.336 e. The third kappa shape index (κ3) is 4.18. The van der Waals surface area contributed by atoms with Gasteiger partial charge < -0.3 is 15.3 Å². The van der Waals surface area contributed by atoms with Crippen LogP contribution >= 0.6 is 22.6 Å². The Morgan fingerprint density at radius 1 is 1.15 bits per heavy atom. The van der Waals surface area contributed by atoms with E-state index >= 15 is 0 Å². The van der Waals surface area contributed by atoms with Gasteiger partial charge in [0.05, 0.1) is 12.8 Å². The fourth-order valence-electron chi connectivity index (χ4n) is 0.694. The SMILES string of the molecule is O=C(O)CC(O)(CC(=O)I)C(=O)O. The molecule has 0 saturated heterocycles. The van der Waals surface area contributed by atoms with Crippen molar-refractivity contribution in [2.45, 2.75) is 18.4 Å². The van der Waals surface area contributed by atoms with Crippen LogP contribution in [0, 0.1) is 0 Å². The lowest BCUT2D eigenvalue weighted by molar-refractivity contribution is -0.166. The predicted octanol–water partition coefficient (Wildman–Crippen LogP) is -0.371. The van der Waals surface area contributed by atoms with Crippen LogP contribution in [0.15, 0.2) is 0 Å². The number of carboxylic acids is 2. The van der Waals surface area contributed by atoms with E-state index in [1.54, 1.807) is 0 Å². The van der Waals surface area contributed by atoms with E-state index < -0.39 is 34.2 Å². The van der Waals surface area contributed by atoms with Gasteiger partial charge in [0.2, 0.25) is 0 Å². The number of carbonyl (C=O) groups excluding carboxylic acids is 1. The lowest BCUT2D eigenvalue weighted by Gasteiger charge is -2.18. The number of aliphatic hydroxyl groups is 1. The van der Waals surface area contributed by atoms with Crippen LogP contribution in [-0.2, 0) is 14.4 Å². The van der Waals surface area contributed by atoms with Gasteiger partial charge in [0.25, 0.3) is 0 Å². The summed E-state index contributed by atoms with van der Waals surface area (Å²) in [6.07, 6.45) is -1.70. The van der Waals surface area contributed by atoms with Gasteiger partial charge in [-0.25, -0.2) is 4.79 Å². The Morgan fingerprint density at radius 3 is 1.85 bits per heavy atom. The first-order valence-corrected chi connectivity index (χ1v) is 4.22. The molecule has 1 atom stereocenters. The van der Waals surface area contributed by atoms with Gasteiger partial charge in [-0.05, 0) is 22.6 Å². The highest BCUT2D eigenvalue weighted by atomic mass is 127. The van der Waals surface area contributed by atoms with Gasteiger partial charge in [0.15, 0.2) is 9.39 Å². The maximum absolute atomic E-state index is 10.5.